The lowest BCUT2D eigenvalue weighted by Gasteiger charge is -2.13. The summed E-state index contributed by atoms with van der Waals surface area (Å²) >= 11 is 5.88. The van der Waals surface area contributed by atoms with Crippen LogP contribution in [-0.2, 0) is 9.59 Å². The molecule has 0 saturated heterocycles. The topological polar surface area (TPSA) is 88.4 Å². The molecular weight excluding hydrogens is 356 g/mol. The van der Waals surface area contributed by atoms with E-state index in [-0.39, 0.29) is 0 Å². The van der Waals surface area contributed by atoms with Crippen LogP contribution in [0.2, 0.25) is 5.02 Å². The van der Waals surface area contributed by atoms with Crippen molar-refractivity contribution in [3.8, 4) is 17.6 Å². The number of nitrogens with one attached hydrogen (secondary N) is 1. The maximum absolute atomic E-state index is 12.5. The van der Waals surface area contributed by atoms with Crippen molar-refractivity contribution in [3.05, 3.63) is 52.5 Å². The van der Waals surface area contributed by atoms with Crippen molar-refractivity contribution in [1.82, 2.24) is 0 Å². The first-order valence-electron chi connectivity index (χ1n) is 7.64. The summed E-state index contributed by atoms with van der Waals surface area (Å²) < 4.78 is 10.3. The number of nitriles is 1. The van der Waals surface area contributed by atoms with Crippen LogP contribution >= 0.6 is 11.6 Å². The molecular formula is C19H17ClN2O4. The normalized spacial score (nSPS) is 11.2. The maximum atomic E-state index is 12.5. The molecule has 1 unspecified atom stereocenters. The lowest BCUT2D eigenvalue weighted by molar-refractivity contribution is -0.135. The van der Waals surface area contributed by atoms with E-state index >= 15 is 0 Å². The standard InChI is InChI=1S/C19H17ClN2O4/c1-11-8-13(20)5-6-15(11)22-19(24)18(23)14(10-21)12-4-7-16(25-2)17(9-12)26-3/h4-9,14H,1-3H3,(H,22,24). The molecule has 0 spiro atoms. The number of aryl methyl sites for hydroxylation is 1. The Labute approximate surface area is 156 Å². The fourth-order valence-corrected chi connectivity index (χ4v) is 2.63. The predicted octanol–water partition coefficient (Wildman–Crippen LogP) is 3.48. The molecule has 0 heterocycles. The summed E-state index contributed by atoms with van der Waals surface area (Å²) in [7, 11) is 2.92. The zero-order valence-corrected chi connectivity index (χ0v) is 15.3. The Morgan fingerprint density at radius 2 is 1.81 bits per heavy atom. The molecule has 26 heavy (non-hydrogen) atoms. The number of halogens is 1. The number of hydrogen-bond donors (Lipinski definition) is 1. The van der Waals surface area contributed by atoms with Gasteiger partial charge >= 0.3 is 0 Å². The molecule has 2 rings (SSSR count). The summed E-state index contributed by atoms with van der Waals surface area (Å²) in [6.45, 7) is 1.75. The van der Waals surface area contributed by atoms with Crippen LogP contribution in [0.15, 0.2) is 36.4 Å². The third kappa shape index (κ3) is 4.13. The first-order valence-corrected chi connectivity index (χ1v) is 8.02. The first-order chi connectivity index (χ1) is 12.4. The number of rotatable bonds is 6. The minimum atomic E-state index is -1.26. The van der Waals surface area contributed by atoms with Crippen molar-refractivity contribution in [2.24, 2.45) is 0 Å². The van der Waals surface area contributed by atoms with Gasteiger partial charge in [-0.2, -0.15) is 5.26 Å². The Kier molecular flexibility index (Phi) is 6.21. The maximum Gasteiger partial charge on any atom is 0.293 e. The summed E-state index contributed by atoms with van der Waals surface area (Å²) in [5.41, 5.74) is 1.51. The van der Waals surface area contributed by atoms with Crippen molar-refractivity contribution >= 4 is 29.0 Å². The number of nitrogens with zero attached hydrogens (tertiary/aromatic N) is 1. The number of anilines is 1. The predicted molar refractivity (Wildman–Crippen MR) is 97.7 cm³/mol. The van der Waals surface area contributed by atoms with Crippen LogP contribution in [0.3, 0.4) is 0 Å². The second kappa shape index (κ2) is 8.37. The van der Waals surface area contributed by atoms with Crippen molar-refractivity contribution < 1.29 is 19.1 Å². The van der Waals surface area contributed by atoms with Crippen molar-refractivity contribution in [3.63, 3.8) is 0 Å². The molecule has 1 amide bonds. The van der Waals surface area contributed by atoms with Crippen molar-refractivity contribution in [2.45, 2.75) is 12.8 Å². The molecule has 134 valence electrons. The number of carbonyl (C=O) groups is 2. The van der Waals surface area contributed by atoms with Crippen LogP contribution in [-0.4, -0.2) is 25.9 Å². The summed E-state index contributed by atoms with van der Waals surface area (Å²) in [5, 5.41) is 12.4. The third-order valence-corrected chi connectivity index (χ3v) is 4.03. The fourth-order valence-electron chi connectivity index (χ4n) is 2.40. The smallest absolute Gasteiger partial charge is 0.293 e. The summed E-state index contributed by atoms with van der Waals surface area (Å²) in [4.78, 5) is 24.8. The molecule has 6 nitrogen and oxygen atoms in total. The lowest BCUT2D eigenvalue weighted by Crippen LogP contribution is -2.28. The van der Waals surface area contributed by atoms with Gasteiger partial charge in [0.15, 0.2) is 11.5 Å². The first kappa shape index (κ1) is 19.3. The number of carbonyl (C=O) groups excluding carboxylic acids is 2. The van der Waals surface area contributed by atoms with E-state index in [2.05, 4.69) is 5.32 Å². The lowest BCUT2D eigenvalue weighted by atomic mass is 9.95. The van der Waals surface area contributed by atoms with Crippen LogP contribution < -0.4 is 14.8 Å². The number of ether oxygens (including phenoxy) is 2. The van der Waals surface area contributed by atoms with Crippen LogP contribution in [0, 0.1) is 18.3 Å². The van der Waals surface area contributed by atoms with Gasteiger partial charge in [-0.05, 0) is 48.4 Å². The highest BCUT2D eigenvalue weighted by atomic mass is 35.5. The van der Waals surface area contributed by atoms with E-state index < -0.39 is 17.6 Å². The van der Waals surface area contributed by atoms with E-state index in [0.717, 1.165) is 0 Å². The molecule has 0 aromatic heterocycles. The Morgan fingerprint density at radius 1 is 1.12 bits per heavy atom. The number of amides is 1. The van der Waals surface area contributed by atoms with Crippen molar-refractivity contribution in [1.29, 1.82) is 5.26 Å². The van der Waals surface area contributed by atoms with Gasteiger partial charge in [-0.3, -0.25) is 9.59 Å². The van der Waals surface area contributed by atoms with Gasteiger partial charge in [-0.15, -0.1) is 0 Å². The molecule has 0 aliphatic rings. The van der Waals surface area contributed by atoms with E-state index in [1.165, 1.54) is 20.3 Å². The van der Waals surface area contributed by atoms with Gasteiger partial charge in [0.05, 0.1) is 20.3 Å². The number of benzene rings is 2. The molecule has 7 heteroatoms. The quantitative estimate of drug-likeness (QED) is 0.784. The van der Waals surface area contributed by atoms with Gasteiger partial charge in [-0.25, -0.2) is 0 Å². The molecule has 0 bridgehead atoms. The van der Waals surface area contributed by atoms with E-state index in [1.54, 1.807) is 37.3 Å². The second-order valence-electron chi connectivity index (χ2n) is 5.45. The minimum Gasteiger partial charge on any atom is -0.493 e. The van der Waals surface area contributed by atoms with E-state index in [0.29, 0.717) is 33.3 Å². The van der Waals surface area contributed by atoms with Crippen LogP contribution in [0.1, 0.15) is 17.0 Å². The van der Waals surface area contributed by atoms with Gasteiger partial charge in [0.2, 0.25) is 5.78 Å². The molecule has 0 radical (unpaired) electrons. The number of Topliss-reactive ketones (excluding diaryl/α,β-unsaturated/α-hetero) is 1. The zero-order chi connectivity index (χ0) is 19.3. The second-order valence-corrected chi connectivity index (χ2v) is 5.89. The molecule has 0 aliphatic heterocycles. The zero-order valence-electron chi connectivity index (χ0n) is 14.5. The van der Waals surface area contributed by atoms with Gasteiger partial charge < -0.3 is 14.8 Å². The van der Waals surface area contributed by atoms with E-state index in [9.17, 15) is 14.9 Å². The number of ketones is 1. The van der Waals surface area contributed by atoms with Crippen LogP contribution in [0.25, 0.3) is 0 Å². The summed E-state index contributed by atoms with van der Waals surface area (Å²) in [6, 6.07) is 11.4. The summed E-state index contributed by atoms with van der Waals surface area (Å²) in [6.07, 6.45) is 0. The fraction of sp³-hybridized carbons (Fsp3) is 0.211. The average Bonchev–Trinajstić information content (AvgIpc) is 2.64. The minimum absolute atomic E-state index is 0.345. The number of methoxy groups -OCH3 is 2. The Hall–Kier alpha value is -3.04. The van der Waals surface area contributed by atoms with Gasteiger partial charge in [0.25, 0.3) is 5.91 Å². The molecule has 1 atom stereocenters. The van der Waals surface area contributed by atoms with Gasteiger partial charge in [0.1, 0.15) is 5.92 Å². The van der Waals surface area contributed by atoms with Crippen molar-refractivity contribution in [2.75, 3.05) is 19.5 Å². The third-order valence-electron chi connectivity index (χ3n) is 3.79. The SMILES string of the molecule is COc1ccc(C(C#N)C(=O)C(=O)Nc2ccc(Cl)cc2C)cc1OC. The molecule has 2 aromatic carbocycles. The van der Waals surface area contributed by atoms with Crippen LogP contribution in [0.4, 0.5) is 5.69 Å². The molecule has 0 saturated carbocycles. The van der Waals surface area contributed by atoms with Crippen LogP contribution in [0.5, 0.6) is 11.5 Å². The summed E-state index contributed by atoms with van der Waals surface area (Å²) in [5.74, 6) is -2.18. The molecule has 2 aromatic rings. The monoisotopic (exact) mass is 372 g/mol. The van der Waals surface area contributed by atoms with Gasteiger partial charge in [0, 0.05) is 10.7 Å². The highest BCUT2D eigenvalue weighted by Crippen LogP contribution is 2.31. The van der Waals surface area contributed by atoms with E-state index in [4.69, 9.17) is 21.1 Å². The Morgan fingerprint density at radius 3 is 2.38 bits per heavy atom. The Balaban J connectivity index is 2.25. The highest BCUT2D eigenvalue weighted by Gasteiger charge is 2.28. The average molecular weight is 373 g/mol. The Bertz CT molecular complexity index is 890. The van der Waals surface area contributed by atoms with E-state index in [1.807, 2.05) is 6.07 Å². The van der Waals surface area contributed by atoms with Gasteiger partial charge in [-0.1, -0.05) is 17.7 Å². The molecule has 0 fully saturated rings. The highest BCUT2D eigenvalue weighted by molar-refractivity contribution is 6.43. The molecule has 0 aliphatic carbocycles. The number of hydrogen-bond acceptors (Lipinski definition) is 5. The largest absolute Gasteiger partial charge is 0.493 e. The molecule has 1 N–H and O–H groups in total.